The van der Waals surface area contributed by atoms with Crippen molar-refractivity contribution in [3.63, 3.8) is 0 Å². The molecular weight excluding hydrogens is 538 g/mol. The lowest BCUT2D eigenvalue weighted by molar-refractivity contribution is -0.125. The van der Waals surface area contributed by atoms with Crippen LogP contribution in [0.4, 0.5) is 0 Å². The van der Waals surface area contributed by atoms with Crippen LogP contribution < -0.4 is 5.32 Å². The third-order valence-electron chi connectivity index (χ3n) is 6.59. The molecule has 1 N–H and O–H groups in total. The Morgan fingerprint density at radius 2 is 2.05 bits per heavy atom. The number of carbonyl (C=O) groups excluding carboxylic acids is 1. The molecule has 11 heteroatoms. The molecule has 0 fully saturated rings. The van der Waals surface area contributed by atoms with Crippen LogP contribution in [0.3, 0.4) is 0 Å². The molecule has 0 bridgehead atoms. The number of aromatic nitrogens is 6. The van der Waals surface area contributed by atoms with Gasteiger partial charge in [0.2, 0.25) is 11.1 Å². The molecule has 2 aromatic carbocycles. The quantitative estimate of drug-likeness (QED) is 0.271. The van der Waals surface area contributed by atoms with Gasteiger partial charge in [0.05, 0.1) is 5.69 Å². The Morgan fingerprint density at radius 3 is 2.89 bits per heavy atom. The summed E-state index contributed by atoms with van der Waals surface area (Å²) in [6.07, 6.45) is 3.07. The fraction of sp³-hybridized carbons (Fsp3) is 0.259. The zero-order valence-electron chi connectivity index (χ0n) is 20.6. The molecule has 0 saturated heterocycles. The van der Waals surface area contributed by atoms with Gasteiger partial charge >= 0.3 is 0 Å². The molecule has 1 aliphatic rings. The van der Waals surface area contributed by atoms with Gasteiger partial charge in [-0.05, 0) is 90.2 Å². The molecule has 0 radical (unpaired) electrons. The van der Waals surface area contributed by atoms with Crippen LogP contribution >= 0.6 is 34.7 Å². The van der Waals surface area contributed by atoms with Crippen LogP contribution in [-0.4, -0.2) is 42.6 Å². The van der Waals surface area contributed by atoms with E-state index in [1.807, 2.05) is 61.5 Å². The molecule has 8 nitrogen and oxygen atoms in total. The van der Waals surface area contributed by atoms with Crippen molar-refractivity contribution in [3.05, 3.63) is 81.4 Å². The van der Waals surface area contributed by atoms with Gasteiger partial charge in [-0.3, -0.25) is 4.79 Å². The number of nitrogens with one attached hydrogen (secondary N) is 1. The number of carbonyl (C=O) groups is 1. The lowest BCUT2D eigenvalue weighted by atomic mass is 9.87. The predicted molar refractivity (Wildman–Crippen MR) is 149 cm³/mol. The topological polar surface area (TPSA) is 98.5 Å². The maximum absolute atomic E-state index is 13.0. The monoisotopic (exact) mass is 561 g/mol. The van der Waals surface area contributed by atoms with Crippen LogP contribution in [0.25, 0.3) is 15.9 Å². The predicted octanol–water partition coefficient (Wildman–Crippen LogP) is 5.24. The van der Waals surface area contributed by atoms with Crippen molar-refractivity contribution in [2.45, 2.75) is 42.8 Å². The number of aryl methyl sites for hydroxylation is 2. The van der Waals surface area contributed by atoms with Gasteiger partial charge in [-0.25, -0.2) is 9.97 Å². The van der Waals surface area contributed by atoms with Crippen LogP contribution in [0.15, 0.2) is 64.8 Å². The number of nitrogens with zero attached hydrogens (tertiary/aromatic N) is 6. The Bertz CT molecular complexity index is 1620. The second kappa shape index (κ2) is 10.8. The fourth-order valence-corrected chi connectivity index (χ4v) is 7.37. The van der Waals surface area contributed by atoms with Crippen LogP contribution in [0.5, 0.6) is 0 Å². The fourth-order valence-electron chi connectivity index (χ4n) is 4.77. The van der Waals surface area contributed by atoms with E-state index in [4.69, 9.17) is 21.6 Å². The van der Waals surface area contributed by atoms with E-state index in [9.17, 15) is 4.79 Å². The summed E-state index contributed by atoms with van der Waals surface area (Å²) >= 11 is 9.19. The van der Waals surface area contributed by atoms with Crippen LogP contribution in [-0.2, 0) is 24.1 Å². The Hall–Kier alpha value is -3.34. The Morgan fingerprint density at radius 1 is 1.18 bits per heavy atom. The van der Waals surface area contributed by atoms with Gasteiger partial charge in [0.15, 0.2) is 0 Å². The number of hydrogen-bond acceptors (Lipinski definition) is 8. The third-order valence-corrected chi connectivity index (χ3v) is 8.90. The number of hydrogen-bond donors (Lipinski definition) is 1. The number of amides is 1. The first-order valence-corrected chi connectivity index (χ1v) is 14.4. The van der Waals surface area contributed by atoms with E-state index in [-0.39, 0.29) is 11.8 Å². The zero-order valence-corrected chi connectivity index (χ0v) is 23.0. The molecule has 3 heterocycles. The number of tetrazole rings is 1. The Balaban J connectivity index is 1.21. The summed E-state index contributed by atoms with van der Waals surface area (Å²) in [4.78, 5) is 24.7. The molecule has 1 unspecified atom stereocenters. The number of benzene rings is 2. The van der Waals surface area contributed by atoms with Gasteiger partial charge in [-0.2, -0.15) is 4.68 Å². The van der Waals surface area contributed by atoms with Crippen LogP contribution in [0.1, 0.15) is 28.2 Å². The van der Waals surface area contributed by atoms with E-state index in [0.29, 0.717) is 29.0 Å². The summed E-state index contributed by atoms with van der Waals surface area (Å²) in [5.41, 5.74) is 3.25. The highest BCUT2D eigenvalue weighted by atomic mass is 35.5. The van der Waals surface area contributed by atoms with Gasteiger partial charge in [0, 0.05) is 27.7 Å². The van der Waals surface area contributed by atoms with E-state index in [0.717, 1.165) is 45.8 Å². The van der Waals surface area contributed by atoms with Crippen molar-refractivity contribution < 1.29 is 4.79 Å². The minimum Gasteiger partial charge on any atom is -0.356 e. The maximum Gasteiger partial charge on any atom is 0.223 e. The Kier molecular flexibility index (Phi) is 7.10. The molecule has 38 heavy (non-hydrogen) atoms. The van der Waals surface area contributed by atoms with E-state index in [1.54, 1.807) is 16.0 Å². The Labute approximate surface area is 232 Å². The second-order valence-electron chi connectivity index (χ2n) is 9.18. The minimum atomic E-state index is -0.0505. The lowest BCUT2D eigenvalue weighted by Gasteiger charge is -2.21. The summed E-state index contributed by atoms with van der Waals surface area (Å²) in [5.74, 6) is 0.757. The molecule has 1 atom stereocenters. The molecule has 0 saturated carbocycles. The van der Waals surface area contributed by atoms with Gasteiger partial charge in [0.25, 0.3) is 0 Å². The van der Waals surface area contributed by atoms with Crippen LogP contribution in [0, 0.1) is 12.8 Å². The normalized spacial score (nSPS) is 14.9. The molecule has 6 rings (SSSR count). The molecule has 0 aliphatic heterocycles. The first kappa shape index (κ1) is 25.0. The lowest BCUT2D eigenvalue weighted by Crippen LogP contribution is -2.34. The average Bonchev–Trinajstić information content (AvgIpc) is 3.52. The highest BCUT2D eigenvalue weighted by Crippen LogP contribution is 2.42. The van der Waals surface area contributed by atoms with Crippen molar-refractivity contribution in [2.75, 3.05) is 6.54 Å². The van der Waals surface area contributed by atoms with Crippen molar-refractivity contribution in [1.29, 1.82) is 0 Å². The largest absolute Gasteiger partial charge is 0.356 e. The number of fused-ring (bicyclic) bond motifs is 3. The highest BCUT2D eigenvalue weighted by Gasteiger charge is 2.29. The molecule has 1 aliphatic carbocycles. The second-order valence-corrected chi connectivity index (χ2v) is 11.7. The first-order chi connectivity index (χ1) is 18.5. The van der Waals surface area contributed by atoms with Crippen molar-refractivity contribution in [2.24, 2.45) is 5.92 Å². The van der Waals surface area contributed by atoms with E-state index in [2.05, 4.69) is 20.8 Å². The minimum absolute atomic E-state index is 0.0505. The summed E-state index contributed by atoms with van der Waals surface area (Å²) in [6, 6.07) is 17.6. The van der Waals surface area contributed by atoms with Gasteiger partial charge in [-0.15, -0.1) is 16.4 Å². The molecule has 5 aromatic rings. The van der Waals surface area contributed by atoms with E-state index < -0.39 is 0 Å². The smallest absolute Gasteiger partial charge is 0.223 e. The van der Waals surface area contributed by atoms with Gasteiger partial charge in [0.1, 0.15) is 15.7 Å². The maximum atomic E-state index is 13.0. The molecule has 192 valence electrons. The number of thiophene rings is 1. The van der Waals surface area contributed by atoms with Crippen molar-refractivity contribution >= 4 is 50.8 Å². The zero-order chi connectivity index (χ0) is 26.1. The summed E-state index contributed by atoms with van der Waals surface area (Å²) in [6.45, 7) is 2.50. The van der Waals surface area contributed by atoms with Crippen molar-refractivity contribution in [1.82, 2.24) is 35.5 Å². The number of halogens is 1. The summed E-state index contributed by atoms with van der Waals surface area (Å²) in [5, 5.41) is 18.7. The third kappa shape index (κ3) is 5.16. The molecular formula is C27H24ClN7OS2. The summed E-state index contributed by atoms with van der Waals surface area (Å²) < 4.78 is 1.72. The highest BCUT2D eigenvalue weighted by molar-refractivity contribution is 7.99. The van der Waals surface area contributed by atoms with E-state index in [1.165, 1.54) is 22.2 Å². The van der Waals surface area contributed by atoms with E-state index >= 15 is 0 Å². The van der Waals surface area contributed by atoms with Crippen LogP contribution in [0.2, 0.25) is 5.02 Å². The number of rotatable bonds is 7. The molecule has 0 spiro atoms. The SMILES string of the molecule is Cc1nc(Sc2nnnn2-c2ccccc2)c2c3c(sc2n1)CC(C(=O)NCCc1cccc(Cl)c1)CC3. The molecule has 1 amide bonds. The standard InChI is InChI=1S/C27H24ClN7OS2/c1-16-30-25-23(26(31-16)38-27-32-33-34-35(27)20-8-3-2-4-9-20)21-11-10-18(15-22(21)37-25)24(36)29-13-12-17-6-5-7-19(28)14-17/h2-9,14,18H,10-13,15H2,1H3,(H,29,36). The average molecular weight is 562 g/mol. The molecule has 3 aromatic heterocycles. The first-order valence-electron chi connectivity index (χ1n) is 12.4. The van der Waals surface area contributed by atoms with Crippen molar-refractivity contribution in [3.8, 4) is 5.69 Å². The van der Waals surface area contributed by atoms with Gasteiger partial charge in [-0.1, -0.05) is 41.9 Å². The number of para-hydroxylation sites is 1. The summed E-state index contributed by atoms with van der Waals surface area (Å²) in [7, 11) is 0. The van der Waals surface area contributed by atoms with Gasteiger partial charge < -0.3 is 5.32 Å².